The van der Waals surface area contributed by atoms with Crippen LogP contribution in [0, 0.1) is 11.7 Å². The van der Waals surface area contributed by atoms with Crippen molar-refractivity contribution in [2.45, 2.75) is 17.7 Å². The van der Waals surface area contributed by atoms with Gasteiger partial charge in [-0.2, -0.15) is 13.9 Å². The first-order chi connectivity index (χ1) is 13.4. The first-order valence-electron chi connectivity index (χ1n) is 8.80. The lowest BCUT2D eigenvalue weighted by atomic mass is 9.97. The van der Waals surface area contributed by atoms with Crippen LogP contribution in [0.15, 0.2) is 53.7 Å². The van der Waals surface area contributed by atoms with Gasteiger partial charge in [0.15, 0.2) is 5.65 Å². The number of fused-ring (bicyclic) bond motifs is 1. The molecule has 4 rings (SSSR count). The fourth-order valence-electron chi connectivity index (χ4n) is 3.27. The van der Waals surface area contributed by atoms with Gasteiger partial charge in [-0.25, -0.2) is 17.8 Å². The second kappa shape index (κ2) is 7.28. The molecule has 2 aromatic heterocycles. The predicted molar refractivity (Wildman–Crippen MR) is 99.5 cm³/mol. The van der Waals surface area contributed by atoms with Crippen LogP contribution in [0.1, 0.15) is 12.8 Å². The van der Waals surface area contributed by atoms with E-state index >= 15 is 0 Å². The van der Waals surface area contributed by atoms with Crippen molar-refractivity contribution in [3.05, 3.63) is 54.6 Å². The molecule has 0 bridgehead atoms. The van der Waals surface area contributed by atoms with Gasteiger partial charge >= 0.3 is 0 Å². The van der Waals surface area contributed by atoms with E-state index in [4.69, 9.17) is 0 Å². The Morgan fingerprint density at radius 1 is 1.07 bits per heavy atom. The Bertz CT molecular complexity index is 1110. The molecule has 3 aromatic rings. The highest BCUT2D eigenvalue weighted by molar-refractivity contribution is 7.89. The highest BCUT2D eigenvalue weighted by Gasteiger charge is 2.32. The van der Waals surface area contributed by atoms with Gasteiger partial charge in [-0.3, -0.25) is 4.79 Å². The summed E-state index contributed by atoms with van der Waals surface area (Å²) >= 11 is 0. The molecule has 0 aliphatic carbocycles. The normalized spacial score (nSPS) is 16.3. The molecule has 1 aliphatic heterocycles. The quantitative estimate of drug-likeness (QED) is 0.718. The molecule has 1 aliphatic rings. The molecule has 0 atom stereocenters. The number of hydrogen-bond donors (Lipinski definition) is 1. The number of anilines is 1. The molecule has 10 heteroatoms. The van der Waals surface area contributed by atoms with Gasteiger partial charge in [0.25, 0.3) is 0 Å². The SMILES string of the molecule is O=C(Nc1ccnc2ccnn12)C1CCN(S(=O)(=O)c2ccc(F)cc2)CC1. The zero-order valence-corrected chi connectivity index (χ0v) is 15.6. The van der Waals surface area contributed by atoms with Crippen molar-refractivity contribution >= 4 is 27.4 Å². The smallest absolute Gasteiger partial charge is 0.243 e. The van der Waals surface area contributed by atoms with E-state index < -0.39 is 15.8 Å². The third-order valence-corrected chi connectivity index (χ3v) is 6.73. The zero-order valence-electron chi connectivity index (χ0n) is 14.8. The summed E-state index contributed by atoms with van der Waals surface area (Å²) in [6, 6.07) is 8.14. The Morgan fingerprint density at radius 2 is 1.79 bits per heavy atom. The summed E-state index contributed by atoms with van der Waals surface area (Å²) in [5, 5.41) is 6.97. The second-order valence-corrected chi connectivity index (χ2v) is 8.49. The summed E-state index contributed by atoms with van der Waals surface area (Å²) < 4.78 is 41.3. The van der Waals surface area contributed by atoms with Crippen LogP contribution in [0.25, 0.3) is 5.65 Å². The van der Waals surface area contributed by atoms with Crippen LogP contribution in [-0.4, -0.2) is 46.3 Å². The Kier molecular flexibility index (Phi) is 4.82. The molecular weight excluding hydrogens is 385 g/mol. The van der Waals surface area contributed by atoms with Crippen molar-refractivity contribution in [1.82, 2.24) is 18.9 Å². The van der Waals surface area contributed by atoms with Crippen LogP contribution in [0.4, 0.5) is 10.2 Å². The lowest BCUT2D eigenvalue weighted by molar-refractivity contribution is -0.120. The molecule has 28 heavy (non-hydrogen) atoms. The maximum atomic E-state index is 13.0. The minimum atomic E-state index is -3.70. The summed E-state index contributed by atoms with van der Waals surface area (Å²) in [5.74, 6) is -0.460. The van der Waals surface area contributed by atoms with Gasteiger partial charge in [-0.1, -0.05) is 0 Å². The van der Waals surface area contributed by atoms with Gasteiger partial charge in [0.05, 0.1) is 11.1 Å². The molecule has 0 radical (unpaired) electrons. The Morgan fingerprint density at radius 3 is 2.50 bits per heavy atom. The fraction of sp³-hybridized carbons (Fsp3) is 0.278. The fourth-order valence-corrected chi connectivity index (χ4v) is 4.74. The predicted octanol–water partition coefficient (Wildman–Crippen LogP) is 1.91. The van der Waals surface area contributed by atoms with Gasteiger partial charge in [-0.05, 0) is 43.2 Å². The number of carbonyl (C=O) groups is 1. The highest BCUT2D eigenvalue weighted by Crippen LogP contribution is 2.25. The van der Waals surface area contributed by atoms with Gasteiger partial charge < -0.3 is 5.32 Å². The first kappa shape index (κ1) is 18.5. The van der Waals surface area contributed by atoms with E-state index in [0.29, 0.717) is 24.3 Å². The van der Waals surface area contributed by atoms with Gasteiger partial charge in [0, 0.05) is 31.3 Å². The minimum absolute atomic E-state index is 0.0506. The molecule has 0 spiro atoms. The third kappa shape index (κ3) is 3.48. The van der Waals surface area contributed by atoms with Crippen LogP contribution in [0.5, 0.6) is 0 Å². The molecule has 8 nitrogen and oxygen atoms in total. The Hall–Kier alpha value is -2.85. The van der Waals surface area contributed by atoms with Crippen LogP contribution in [0.3, 0.4) is 0 Å². The average Bonchev–Trinajstić information content (AvgIpc) is 3.18. The molecule has 1 N–H and O–H groups in total. The Labute approximate surface area is 161 Å². The van der Waals surface area contributed by atoms with Crippen molar-refractivity contribution in [3.8, 4) is 0 Å². The number of halogens is 1. The van der Waals surface area contributed by atoms with E-state index in [1.165, 1.54) is 21.0 Å². The maximum Gasteiger partial charge on any atom is 0.243 e. The lowest BCUT2D eigenvalue weighted by Crippen LogP contribution is -2.41. The van der Waals surface area contributed by atoms with E-state index in [0.717, 1.165) is 12.1 Å². The zero-order chi connectivity index (χ0) is 19.7. The number of aromatic nitrogens is 3. The van der Waals surface area contributed by atoms with Crippen LogP contribution in [0.2, 0.25) is 0 Å². The monoisotopic (exact) mass is 403 g/mol. The van der Waals surface area contributed by atoms with E-state index in [1.54, 1.807) is 24.5 Å². The number of nitrogens with zero attached hydrogens (tertiary/aromatic N) is 4. The number of rotatable bonds is 4. The summed E-state index contributed by atoms with van der Waals surface area (Å²) in [6.07, 6.45) is 3.99. The molecule has 1 amide bonds. The van der Waals surface area contributed by atoms with Gasteiger partial charge in [-0.15, -0.1) is 0 Å². The number of hydrogen-bond acceptors (Lipinski definition) is 5. The summed E-state index contributed by atoms with van der Waals surface area (Å²) in [6.45, 7) is 0.455. The second-order valence-electron chi connectivity index (χ2n) is 6.55. The molecule has 3 heterocycles. The number of sulfonamides is 1. The van der Waals surface area contributed by atoms with Crippen molar-refractivity contribution in [3.63, 3.8) is 0 Å². The molecule has 146 valence electrons. The minimum Gasteiger partial charge on any atom is -0.310 e. The first-order valence-corrected chi connectivity index (χ1v) is 10.2. The lowest BCUT2D eigenvalue weighted by Gasteiger charge is -2.30. The molecule has 0 unspecified atom stereocenters. The van der Waals surface area contributed by atoms with E-state index in [1.807, 2.05) is 0 Å². The summed E-state index contributed by atoms with van der Waals surface area (Å²) in [7, 11) is -3.70. The molecule has 1 saturated heterocycles. The molecule has 1 fully saturated rings. The average molecular weight is 403 g/mol. The van der Waals surface area contributed by atoms with Crippen LogP contribution >= 0.6 is 0 Å². The van der Waals surface area contributed by atoms with E-state index in [9.17, 15) is 17.6 Å². The highest BCUT2D eigenvalue weighted by atomic mass is 32.2. The summed E-state index contributed by atoms with van der Waals surface area (Å²) in [5.41, 5.74) is 0.623. The van der Waals surface area contributed by atoms with Crippen LogP contribution < -0.4 is 5.32 Å². The number of nitrogens with one attached hydrogen (secondary N) is 1. The molecule has 0 saturated carbocycles. The Balaban J connectivity index is 1.41. The van der Waals surface area contributed by atoms with Crippen LogP contribution in [-0.2, 0) is 14.8 Å². The van der Waals surface area contributed by atoms with Crippen molar-refractivity contribution < 1.29 is 17.6 Å². The number of piperidine rings is 1. The number of amides is 1. The number of carbonyl (C=O) groups excluding carboxylic acids is 1. The van der Waals surface area contributed by atoms with E-state index in [-0.39, 0.29) is 29.8 Å². The molecular formula is C18H18FN5O3S. The third-order valence-electron chi connectivity index (χ3n) is 4.82. The molecule has 1 aromatic carbocycles. The van der Waals surface area contributed by atoms with Gasteiger partial charge in [0.2, 0.25) is 15.9 Å². The van der Waals surface area contributed by atoms with Crippen molar-refractivity contribution in [2.24, 2.45) is 5.92 Å². The largest absolute Gasteiger partial charge is 0.310 e. The van der Waals surface area contributed by atoms with Crippen molar-refractivity contribution in [1.29, 1.82) is 0 Å². The standard InChI is InChI=1S/C18H18FN5O3S/c19-14-1-3-15(4-2-14)28(26,27)23-11-7-13(8-12-23)18(25)22-17-5-9-20-16-6-10-21-24(16)17/h1-6,9-10,13H,7-8,11-12H2,(H,22,25). The topological polar surface area (TPSA) is 96.7 Å². The van der Waals surface area contributed by atoms with E-state index in [2.05, 4.69) is 15.4 Å². The van der Waals surface area contributed by atoms with Gasteiger partial charge in [0.1, 0.15) is 11.6 Å². The van der Waals surface area contributed by atoms with Crippen molar-refractivity contribution in [2.75, 3.05) is 18.4 Å². The number of benzene rings is 1. The summed E-state index contributed by atoms with van der Waals surface area (Å²) in [4.78, 5) is 16.8. The maximum absolute atomic E-state index is 13.0.